The molecule has 0 bridgehead atoms. The predicted molar refractivity (Wildman–Crippen MR) is 65.9 cm³/mol. The SMILES string of the molecule is Oc1ccc(-c2ncc(C3CCNC3)[nH]2)cc1. The van der Waals surface area contributed by atoms with Crippen molar-refractivity contribution in [1.29, 1.82) is 0 Å². The number of aromatic amines is 1. The van der Waals surface area contributed by atoms with Gasteiger partial charge < -0.3 is 15.4 Å². The Bertz CT molecular complexity index is 498. The number of hydrogen-bond donors (Lipinski definition) is 3. The average molecular weight is 229 g/mol. The highest BCUT2D eigenvalue weighted by atomic mass is 16.3. The zero-order valence-electron chi connectivity index (χ0n) is 9.48. The van der Waals surface area contributed by atoms with Gasteiger partial charge in [-0.3, -0.25) is 0 Å². The van der Waals surface area contributed by atoms with Gasteiger partial charge in [0.1, 0.15) is 11.6 Å². The molecular formula is C13H15N3O. The minimum absolute atomic E-state index is 0.278. The quantitative estimate of drug-likeness (QED) is 0.736. The second kappa shape index (κ2) is 4.22. The maximum absolute atomic E-state index is 9.24. The summed E-state index contributed by atoms with van der Waals surface area (Å²) in [7, 11) is 0. The molecule has 0 amide bonds. The molecular weight excluding hydrogens is 214 g/mol. The first-order valence-corrected chi connectivity index (χ1v) is 5.88. The molecule has 0 saturated carbocycles. The topological polar surface area (TPSA) is 60.9 Å². The fraction of sp³-hybridized carbons (Fsp3) is 0.308. The summed E-state index contributed by atoms with van der Waals surface area (Å²) in [6, 6.07) is 7.08. The third-order valence-electron chi connectivity index (χ3n) is 3.24. The molecule has 1 atom stereocenters. The number of aromatic hydroxyl groups is 1. The van der Waals surface area contributed by atoms with Gasteiger partial charge in [0.25, 0.3) is 0 Å². The first kappa shape index (κ1) is 10.4. The van der Waals surface area contributed by atoms with E-state index in [9.17, 15) is 5.11 Å². The first-order valence-electron chi connectivity index (χ1n) is 5.88. The van der Waals surface area contributed by atoms with Gasteiger partial charge in [-0.1, -0.05) is 0 Å². The largest absolute Gasteiger partial charge is 0.508 e. The van der Waals surface area contributed by atoms with Gasteiger partial charge in [0.05, 0.1) is 0 Å². The molecule has 1 aliphatic rings. The number of phenols is 1. The summed E-state index contributed by atoms with van der Waals surface area (Å²) in [5.74, 6) is 1.70. The number of H-pyrrole nitrogens is 1. The molecule has 2 heterocycles. The van der Waals surface area contributed by atoms with Crippen molar-refractivity contribution in [2.75, 3.05) is 13.1 Å². The lowest BCUT2D eigenvalue weighted by atomic mass is 10.1. The van der Waals surface area contributed by atoms with E-state index >= 15 is 0 Å². The average Bonchev–Trinajstić information content (AvgIpc) is 3.00. The summed E-state index contributed by atoms with van der Waals surface area (Å²) in [5.41, 5.74) is 2.19. The number of nitrogens with zero attached hydrogens (tertiary/aromatic N) is 1. The van der Waals surface area contributed by atoms with Gasteiger partial charge in [-0.05, 0) is 37.2 Å². The van der Waals surface area contributed by atoms with Crippen LogP contribution >= 0.6 is 0 Å². The zero-order chi connectivity index (χ0) is 11.7. The summed E-state index contributed by atoms with van der Waals surface area (Å²) < 4.78 is 0. The Hall–Kier alpha value is -1.81. The van der Waals surface area contributed by atoms with E-state index in [2.05, 4.69) is 15.3 Å². The van der Waals surface area contributed by atoms with E-state index in [1.807, 2.05) is 18.3 Å². The van der Waals surface area contributed by atoms with Crippen LogP contribution < -0.4 is 5.32 Å². The summed E-state index contributed by atoms with van der Waals surface area (Å²) in [4.78, 5) is 7.75. The van der Waals surface area contributed by atoms with E-state index in [0.717, 1.165) is 30.9 Å². The molecule has 1 saturated heterocycles. The van der Waals surface area contributed by atoms with Crippen LogP contribution in [-0.4, -0.2) is 28.2 Å². The molecule has 1 aromatic heterocycles. The minimum atomic E-state index is 0.278. The van der Waals surface area contributed by atoms with Gasteiger partial charge in [0.2, 0.25) is 0 Å². The number of imidazole rings is 1. The Labute approximate surface area is 99.7 Å². The highest BCUT2D eigenvalue weighted by Gasteiger charge is 2.18. The Morgan fingerprint density at radius 3 is 2.76 bits per heavy atom. The third kappa shape index (κ3) is 2.03. The van der Waals surface area contributed by atoms with Crippen molar-refractivity contribution in [1.82, 2.24) is 15.3 Å². The molecule has 88 valence electrons. The van der Waals surface area contributed by atoms with Crippen LogP contribution in [0.3, 0.4) is 0 Å². The molecule has 1 unspecified atom stereocenters. The van der Waals surface area contributed by atoms with Gasteiger partial charge in [0, 0.05) is 29.9 Å². The zero-order valence-corrected chi connectivity index (χ0v) is 9.48. The van der Waals surface area contributed by atoms with E-state index in [1.54, 1.807) is 12.1 Å². The Morgan fingerprint density at radius 1 is 1.24 bits per heavy atom. The van der Waals surface area contributed by atoms with Crippen LogP contribution in [0.5, 0.6) is 5.75 Å². The van der Waals surface area contributed by atoms with Crippen LogP contribution in [0.4, 0.5) is 0 Å². The number of rotatable bonds is 2. The summed E-state index contributed by atoms with van der Waals surface area (Å²) in [6.07, 6.45) is 3.08. The van der Waals surface area contributed by atoms with E-state index in [1.165, 1.54) is 5.69 Å². The van der Waals surface area contributed by atoms with Crippen molar-refractivity contribution in [3.63, 3.8) is 0 Å². The maximum Gasteiger partial charge on any atom is 0.137 e. The lowest BCUT2D eigenvalue weighted by Crippen LogP contribution is -2.08. The van der Waals surface area contributed by atoms with E-state index in [0.29, 0.717) is 5.92 Å². The lowest BCUT2D eigenvalue weighted by molar-refractivity contribution is 0.475. The Balaban J connectivity index is 1.86. The van der Waals surface area contributed by atoms with Crippen LogP contribution in [0.25, 0.3) is 11.4 Å². The van der Waals surface area contributed by atoms with Crippen molar-refractivity contribution in [2.45, 2.75) is 12.3 Å². The molecule has 2 aromatic rings. The van der Waals surface area contributed by atoms with E-state index < -0.39 is 0 Å². The van der Waals surface area contributed by atoms with Gasteiger partial charge >= 0.3 is 0 Å². The van der Waals surface area contributed by atoms with Crippen molar-refractivity contribution in [3.05, 3.63) is 36.2 Å². The molecule has 0 radical (unpaired) electrons. The van der Waals surface area contributed by atoms with Crippen molar-refractivity contribution < 1.29 is 5.11 Å². The molecule has 0 spiro atoms. The van der Waals surface area contributed by atoms with Crippen LogP contribution in [0.1, 0.15) is 18.0 Å². The monoisotopic (exact) mass is 229 g/mol. The van der Waals surface area contributed by atoms with Crippen LogP contribution in [0, 0.1) is 0 Å². The number of hydrogen-bond acceptors (Lipinski definition) is 3. The summed E-state index contributed by atoms with van der Waals surface area (Å²) in [5, 5.41) is 12.6. The van der Waals surface area contributed by atoms with Gasteiger partial charge in [0.15, 0.2) is 0 Å². The molecule has 17 heavy (non-hydrogen) atoms. The smallest absolute Gasteiger partial charge is 0.137 e. The van der Waals surface area contributed by atoms with Gasteiger partial charge in [-0.25, -0.2) is 4.98 Å². The number of nitrogens with one attached hydrogen (secondary N) is 2. The fourth-order valence-electron chi connectivity index (χ4n) is 2.23. The van der Waals surface area contributed by atoms with Gasteiger partial charge in [-0.2, -0.15) is 0 Å². The van der Waals surface area contributed by atoms with E-state index in [4.69, 9.17) is 0 Å². The molecule has 3 N–H and O–H groups in total. The van der Waals surface area contributed by atoms with Crippen molar-refractivity contribution in [2.24, 2.45) is 0 Å². The van der Waals surface area contributed by atoms with Gasteiger partial charge in [-0.15, -0.1) is 0 Å². The first-order chi connectivity index (χ1) is 8.33. The van der Waals surface area contributed by atoms with E-state index in [-0.39, 0.29) is 5.75 Å². The molecule has 3 rings (SSSR count). The molecule has 4 nitrogen and oxygen atoms in total. The number of benzene rings is 1. The fourth-order valence-corrected chi connectivity index (χ4v) is 2.23. The van der Waals surface area contributed by atoms with Crippen LogP contribution in [-0.2, 0) is 0 Å². The Kier molecular flexibility index (Phi) is 2.57. The highest BCUT2D eigenvalue weighted by Crippen LogP contribution is 2.24. The number of phenolic OH excluding ortho intramolecular Hbond substituents is 1. The van der Waals surface area contributed by atoms with Crippen LogP contribution in [0.15, 0.2) is 30.5 Å². The van der Waals surface area contributed by atoms with Crippen molar-refractivity contribution >= 4 is 0 Å². The van der Waals surface area contributed by atoms with Crippen LogP contribution in [0.2, 0.25) is 0 Å². The predicted octanol–water partition coefficient (Wildman–Crippen LogP) is 1.86. The second-order valence-electron chi connectivity index (χ2n) is 4.42. The molecule has 1 aliphatic heterocycles. The molecule has 1 aromatic carbocycles. The standard InChI is InChI=1S/C13H15N3O/c17-11-3-1-9(2-4-11)13-15-8-12(16-13)10-5-6-14-7-10/h1-4,8,10,14,17H,5-7H2,(H,15,16). The maximum atomic E-state index is 9.24. The normalized spacial score (nSPS) is 19.6. The van der Waals surface area contributed by atoms with Crippen molar-refractivity contribution in [3.8, 4) is 17.1 Å². The third-order valence-corrected chi connectivity index (χ3v) is 3.24. The lowest BCUT2D eigenvalue weighted by Gasteiger charge is -2.03. The highest BCUT2D eigenvalue weighted by molar-refractivity contribution is 5.56. The minimum Gasteiger partial charge on any atom is -0.508 e. The molecule has 4 heteroatoms. The molecule has 0 aliphatic carbocycles. The Morgan fingerprint density at radius 2 is 2.06 bits per heavy atom. The molecule has 1 fully saturated rings. The summed E-state index contributed by atoms with van der Waals surface area (Å²) in [6.45, 7) is 2.11. The number of aromatic nitrogens is 2. The summed E-state index contributed by atoms with van der Waals surface area (Å²) >= 11 is 0. The second-order valence-corrected chi connectivity index (χ2v) is 4.42.